The molecule has 0 radical (unpaired) electrons. The van der Waals surface area contributed by atoms with Crippen molar-refractivity contribution in [3.05, 3.63) is 71.9 Å². The number of benzene rings is 3. The Morgan fingerprint density at radius 1 is 1.00 bits per heavy atom. The minimum atomic E-state index is 0.0396. The molecule has 3 aromatic carbocycles. The molecule has 1 amide bonds. The number of aryl methyl sites for hydroxylation is 1. The van der Waals surface area contributed by atoms with Crippen LogP contribution in [0.1, 0.15) is 11.1 Å². The van der Waals surface area contributed by atoms with Crippen molar-refractivity contribution in [3.63, 3.8) is 0 Å². The molecule has 2 aliphatic heterocycles. The second-order valence-electron chi connectivity index (χ2n) is 9.45. The lowest BCUT2D eigenvalue weighted by atomic mass is 9.99. The summed E-state index contributed by atoms with van der Waals surface area (Å²) in [5, 5.41) is 7.27. The number of nitrogens with one attached hydrogen (secondary N) is 2. The third-order valence-electron chi connectivity index (χ3n) is 6.95. The molecule has 1 fully saturated rings. The van der Waals surface area contributed by atoms with Crippen molar-refractivity contribution >= 4 is 39.8 Å². The summed E-state index contributed by atoms with van der Waals surface area (Å²) in [6.45, 7) is 6.43. The number of nitrogens with zero attached hydrogens (tertiary/aromatic N) is 4. The first-order valence-corrected chi connectivity index (χ1v) is 12.0. The van der Waals surface area contributed by atoms with E-state index in [1.807, 2.05) is 30.5 Å². The summed E-state index contributed by atoms with van der Waals surface area (Å²) < 4.78 is 0. The minimum absolute atomic E-state index is 0.0396. The Kier molecular flexibility index (Phi) is 5.34. The van der Waals surface area contributed by atoms with Gasteiger partial charge in [-0.2, -0.15) is 0 Å². The molecule has 1 saturated heterocycles. The highest BCUT2D eigenvalue weighted by molar-refractivity contribution is 6.01. The van der Waals surface area contributed by atoms with Crippen molar-refractivity contribution in [2.75, 3.05) is 48.8 Å². The summed E-state index contributed by atoms with van der Waals surface area (Å²) in [4.78, 5) is 26.1. The van der Waals surface area contributed by atoms with Gasteiger partial charge in [-0.05, 0) is 61.0 Å². The molecule has 0 unspecified atom stereocenters. The van der Waals surface area contributed by atoms with E-state index in [2.05, 4.69) is 69.7 Å². The molecule has 0 spiro atoms. The average molecular weight is 465 g/mol. The number of hydrogen-bond acceptors (Lipinski definition) is 6. The van der Waals surface area contributed by atoms with Gasteiger partial charge in [0.05, 0.1) is 11.9 Å². The van der Waals surface area contributed by atoms with E-state index in [9.17, 15) is 4.79 Å². The third-order valence-corrected chi connectivity index (χ3v) is 6.95. The number of carbonyl (C=O) groups excluding carboxylic acids is 1. The first kappa shape index (κ1) is 21.6. The van der Waals surface area contributed by atoms with Crippen molar-refractivity contribution in [2.45, 2.75) is 13.3 Å². The maximum absolute atomic E-state index is 11.8. The van der Waals surface area contributed by atoms with Crippen LogP contribution in [0.2, 0.25) is 0 Å². The van der Waals surface area contributed by atoms with E-state index >= 15 is 0 Å². The van der Waals surface area contributed by atoms with Gasteiger partial charge in [0, 0.05) is 60.4 Å². The Labute approximate surface area is 204 Å². The van der Waals surface area contributed by atoms with Gasteiger partial charge in [0.2, 0.25) is 11.9 Å². The van der Waals surface area contributed by atoms with E-state index < -0.39 is 0 Å². The summed E-state index contributed by atoms with van der Waals surface area (Å²) in [5.74, 6) is 0.604. The Balaban J connectivity index is 1.29. The van der Waals surface area contributed by atoms with Crippen molar-refractivity contribution in [3.8, 4) is 11.1 Å². The molecule has 2 N–H and O–H groups in total. The van der Waals surface area contributed by atoms with Gasteiger partial charge in [0.1, 0.15) is 0 Å². The molecule has 7 heteroatoms. The smallest absolute Gasteiger partial charge is 0.228 e. The van der Waals surface area contributed by atoms with Crippen LogP contribution in [-0.4, -0.2) is 54.0 Å². The monoisotopic (exact) mass is 464 g/mol. The van der Waals surface area contributed by atoms with Crippen molar-refractivity contribution in [2.24, 2.45) is 0 Å². The van der Waals surface area contributed by atoms with E-state index in [0.717, 1.165) is 65.1 Å². The lowest BCUT2D eigenvalue weighted by Crippen LogP contribution is -2.44. The van der Waals surface area contributed by atoms with E-state index in [0.29, 0.717) is 12.4 Å². The largest absolute Gasteiger partial charge is 0.369 e. The van der Waals surface area contributed by atoms with Crippen LogP contribution in [0, 0.1) is 6.92 Å². The van der Waals surface area contributed by atoms with Crippen LogP contribution < -0.4 is 15.5 Å². The van der Waals surface area contributed by atoms with Crippen LogP contribution in [0.4, 0.5) is 23.0 Å². The predicted octanol–water partition coefficient (Wildman–Crippen LogP) is 4.60. The number of fused-ring (bicyclic) bond motifs is 2. The van der Waals surface area contributed by atoms with Crippen molar-refractivity contribution in [1.29, 1.82) is 0 Å². The molecular weight excluding hydrogens is 436 g/mol. The third kappa shape index (κ3) is 4.19. The molecule has 3 heterocycles. The Morgan fingerprint density at radius 3 is 2.69 bits per heavy atom. The Hall–Kier alpha value is -3.97. The first-order chi connectivity index (χ1) is 17.0. The molecule has 176 valence electrons. The zero-order valence-corrected chi connectivity index (χ0v) is 20.0. The number of amides is 1. The van der Waals surface area contributed by atoms with E-state index in [-0.39, 0.29) is 5.91 Å². The number of carbonyl (C=O) groups is 1. The predicted molar refractivity (Wildman–Crippen MR) is 141 cm³/mol. The van der Waals surface area contributed by atoms with Gasteiger partial charge in [-0.3, -0.25) is 4.79 Å². The van der Waals surface area contributed by atoms with Gasteiger partial charge >= 0.3 is 0 Å². The fraction of sp³-hybridized carbons (Fsp3) is 0.250. The maximum Gasteiger partial charge on any atom is 0.228 e. The molecule has 0 bridgehead atoms. The van der Waals surface area contributed by atoms with Crippen LogP contribution in [0.25, 0.3) is 22.0 Å². The topological polar surface area (TPSA) is 73.4 Å². The second kappa shape index (κ2) is 8.67. The zero-order valence-electron chi connectivity index (χ0n) is 20.0. The van der Waals surface area contributed by atoms with Crippen molar-refractivity contribution < 1.29 is 4.79 Å². The quantitative estimate of drug-likeness (QED) is 0.460. The SMILES string of the molecule is Cc1cc(Nc2ncc3cccc(-c4ccc5c(c4)CC(=O)N5)c3n2)ccc1N1CCN(C)CC1. The molecule has 4 aromatic rings. The van der Waals surface area contributed by atoms with Crippen LogP contribution in [-0.2, 0) is 11.2 Å². The standard InChI is InChI=1S/C28H28N6O/c1-18-14-22(7-9-25(18)34-12-10-33(2)11-13-34)30-28-29-17-20-4-3-5-23(27(20)32-28)19-6-8-24-21(15-19)16-26(35)31-24/h3-9,14-15,17H,10-13,16H2,1-2H3,(H,31,35)(H,29,30,32). The highest BCUT2D eigenvalue weighted by atomic mass is 16.1. The van der Waals surface area contributed by atoms with Crippen LogP contribution in [0.15, 0.2) is 60.8 Å². The van der Waals surface area contributed by atoms with Crippen LogP contribution >= 0.6 is 0 Å². The molecule has 2 aliphatic rings. The van der Waals surface area contributed by atoms with Gasteiger partial charge in [-0.1, -0.05) is 24.3 Å². The number of rotatable bonds is 4. The van der Waals surface area contributed by atoms with Gasteiger partial charge in [-0.15, -0.1) is 0 Å². The number of hydrogen-bond donors (Lipinski definition) is 2. The van der Waals surface area contributed by atoms with Crippen molar-refractivity contribution in [1.82, 2.24) is 14.9 Å². The molecule has 0 aliphatic carbocycles. The van der Waals surface area contributed by atoms with Gasteiger partial charge in [0.15, 0.2) is 0 Å². The molecule has 7 nitrogen and oxygen atoms in total. The molecule has 0 atom stereocenters. The maximum atomic E-state index is 11.8. The molecule has 1 aromatic heterocycles. The van der Waals surface area contributed by atoms with Crippen LogP contribution in [0.3, 0.4) is 0 Å². The summed E-state index contributed by atoms with van der Waals surface area (Å²) in [6, 6.07) is 18.7. The summed E-state index contributed by atoms with van der Waals surface area (Å²) >= 11 is 0. The Morgan fingerprint density at radius 2 is 1.86 bits per heavy atom. The van der Waals surface area contributed by atoms with Crippen LogP contribution in [0.5, 0.6) is 0 Å². The normalized spacial score (nSPS) is 15.8. The molecule has 6 rings (SSSR count). The van der Waals surface area contributed by atoms with E-state index in [4.69, 9.17) is 4.98 Å². The molecular formula is C28H28N6O. The number of likely N-dealkylation sites (N-methyl/N-ethyl adjacent to an activating group) is 1. The second-order valence-corrected chi connectivity index (χ2v) is 9.45. The fourth-order valence-electron chi connectivity index (χ4n) is 5.01. The number of piperazine rings is 1. The molecule has 35 heavy (non-hydrogen) atoms. The number of aromatic nitrogens is 2. The summed E-state index contributed by atoms with van der Waals surface area (Å²) in [7, 11) is 2.18. The highest BCUT2D eigenvalue weighted by Gasteiger charge is 2.19. The number of para-hydroxylation sites is 1. The fourth-order valence-corrected chi connectivity index (χ4v) is 5.01. The van der Waals surface area contributed by atoms with E-state index in [1.165, 1.54) is 11.3 Å². The first-order valence-electron chi connectivity index (χ1n) is 12.0. The number of anilines is 4. The summed E-state index contributed by atoms with van der Waals surface area (Å²) in [6.07, 6.45) is 2.28. The van der Waals surface area contributed by atoms with E-state index in [1.54, 1.807) is 0 Å². The van der Waals surface area contributed by atoms with Gasteiger partial charge < -0.3 is 20.4 Å². The Bertz CT molecular complexity index is 1440. The minimum Gasteiger partial charge on any atom is -0.369 e. The van der Waals surface area contributed by atoms with Gasteiger partial charge in [-0.25, -0.2) is 9.97 Å². The molecule has 0 saturated carbocycles. The summed E-state index contributed by atoms with van der Waals surface area (Å²) in [5.41, 5.74) is 8.36. The lowest BCUT2D eigenvalue weighted by Gasteiger charge is -2.35. The van der Waals surface area contributed by atoms with Gasteiger partial charge in [0.25, 0.3) is 0 Å². The average Bonchev–Trinajstić information content (AvgIpc) is 3.24. The highest BCUT2D eigenvalue weighted by Crippen LogP contribution is 2.33. The lowest BCUT2D eigenvalue weighted by molar-refractivity contribution is -0.115. The zero-order chi connectivity index (χ0) is 23.9.